The van der Waals surface area contributed by atoms with Crippen LogP contribution in [0.5, 0.6) is 0 Å². The maximum absolute atomic E-state index is 12.8. The van der Waals surface area contributed by atoms with Gasteiger partial charge >= 0.3 is 0 Å². The van der Waals surface area contributed by atoms with Gasteiger partial charge in [-0.3, -0.25) is 14.6 Å². The minimum Gasteiger partial charge on any atom is -0.507 e. The number of carbonyl (C=O) groups excluding carboxylic acids is 2. The van der Waals surface area contributed by atoms with Gasteiger partial charge in [0.2, 0.25) is 0 Å². The van der Waals surface area contributed by atoms with E-state index in [1.54, 1.807) is 36.5 Å². The van der Waals surface area contributed by atoms with Crippen LogP contribution in [0.2, 0.25) is 0 Å². The summed E-state index contributed by atoms with van der Waals surface area (Å²) in [6.45, 7) is 6.27. The van der Waals surface area contributed by atoms with Crippen LogP contribution in [0.15, 0.2) is 54.2 Å². The number of rotatable bonds is 6. The van der Waals surface area contributed by atoms with Crippen molar-refractivity contribution in [3.8, 4) is 0 Å². The lowest BCUT2D eigenvalue weighted by Gasteiger charge is -2.24. The van der Waals surface area contributed by atoms with E-state index in [2.05, 4.69) is 4.98 Å². The van der Waals surface area contributed by atoms with Gasteiger partial charge in [0.25, 0.3) is 11.7 Å². The molecule has 1 fully saturated rings. The Morgan fingerprint density at radius 2 is 1.89 bits per heavy atom. The van der Waals surface area contributed by atoms with E-state index in [-0.39, 0.29) is 24.0 Å². The highest BCUT2D eigenvalue weighted by Gasteiger charge is 2.46. The first-order valence-corrected chi connectivity index (χ1v) is 9.28. The highest BCUT2D eigenvalue weighted by Crippen LogP contribution is 2.38. The molecule has 0 saturated carbocycles. The van der Waals surface area contributed by atoms with Crippen LogP contribution in [-0.4, -0.2) is 45.9 Å². The second-order valence-electron chi connectivity index (χ2n) is 7.03. The van der Waals surface area contributed by atoms with Gasteiger partial charge in [-0.15, -0.1) is 0 Å². The Balaban J connectivity index is 2.06. The zero-order chi connectivity index (χ0) is 20.3. The highest BCUT2D eigenvalue weighted by molar-refractivity contribution is 6.46. The Morgan fingerprint density at radius 3 is 2.50 bits per heavy atom. The third-order valence-electron chi connectivity index (χ3n) is 4.62. The largest absolute Gasteiger partial charge is 0.507 e. The second kappa shape index (κ2) is 8.35. The molecule has 1 aromatic carbocycles. The number of pyridine rings is 1. The van der Waals surface area contributed by atoms with E-state index >= 15 is 0 Å². The van der Waals surface area contributed by atoms with Crippen LogP contribution in [0.3, 0.4) is 0 Å². The molecule has 1 aromatic heterocycles. The first kappa shape index (κ1) is 19.8. The predicted molar refractivity (Wildman–Crippen MR) is 106 cm³/mol. The molecular weight excluding hydrogens is 356 g/mol. The fourth-order valence-corrected chi connectivity index (χ4v) is 3.21. The van der Waals surface area contributed by atoms with Crippen LogP contribution in [-0.2, 0) is 14.3 Å². The number of ketones is 1. The van der Waals surface area contributed by atoms with Crippen molar-refractivity contribution in [2.24, 2.45) is 0 Å². The third kappa shape index (κ3) is 3.97. The monoisotopic (exact) mass is 380 g/mol. The van der Waals surface area contributed by atoms with Crippen molar-refractivity contribution in [2.75, 3.05) is 13.2 Å². The van der Waals surface area contributed by atoms with Gasteiger partial charge in [0.15, 0.2) is 0 Å². The number of aliphatic hydroxyl groups excluding tert-OH is 1. The van der Waals surface area contributed by atoms with E-state index in [9.17, 15) is 14.7 Å². The Hall–Kier alpha value is -2.99. The van der Waals surface area contributed by atoms with Gasteiger partial charge in [0.1, 0.15) is 11.8 Å². The molecule has 28 heavy (non-hydrogen) atoms. The summed E-state index contributed by atoms with van der Waals surface area (Å²) >= 11 is 0. The Morgan fingerprint density at radius 1 is 1.18 bits per heavy atom. The van der Waals surface area contributed by atoms with Crippen molar-refractivity contribution < 1.29 is 19.4 Å². The number of amides is 1. The maximum Gasteiger partial charge on any atom is 0.295 e. The van der Waals surface area contributed by atoms with E-state index in [4.69, 9.17) is 4.74 Å². The SMILES string of the molecule is Cc1ccc(/C(O)=C2/C(=O)C(=O)N(CCOC(C)C)C2c2ccccn2)cc1. The summed E-state index contributed by atoms with van der Waals surface area (Å²) in [5.41, 5.74) is 2.10. The van der Waals surface area contributed by atoms with E-state index in [1.807, 2.05) is 32.9 Å². The lowest BCUT2D eigenvalue weighted by molar-refractivity contribution is -0.140. The molecule has 0 radical (unpaired) electrons. The fraction of sp³-hybridized carbons (Fsp3) is 0.318. The first-order chi connectivity index (χ1) is 13.4. The summed E-state index contributed by atoms with van der Waals surface area (Å²) in [6.07, 6.45) is 1.61. The second-order valence-corrected chi connectivity index (χ2v) is 7.03. The standard InChI is InChI=1S/C22H24N2O4/c1-14(2)28-13-12-24-19(17-6-4-5-11-23-17)18(21(26)22(24)27)20(25)16-9-7-15(3)8-10-16/h4-11,14,19,25H,12-13H2,1-3H3/b20-18-. The number of likely N-dealkylation sites (tertiary alicyclic amines) is 1. The molecule has 1 saturated heterocycles. The quantitative estimate of drug-likeness (QED) is 0.473. The van der Waals surface area contributed by atoms with E-state index in [0.29, 0.717) is 17.9 Å². The number of hydrogen-bond acceptors (Lipinski definition) is 5. The topological polar surface area (TPSA) is 79.7 Å². The number of aryl methyl sites for hydroxylation is 1. The van der Waals surface area contributed by atoms with Gasteiger partial charge in [-0.05, 0) is 32.9 Å². The molecule has 0 spiro atoms. The van der Waals surface area contributed by atoms with Gasteiger partial charge in [-0.2, -0.15) is 0 Å². The number of aromatic nitrogens is 1. The predicted octanol–water partition coefficient (Wildman–Crippen LogP) is 3.24. The molecule has 1 atom stereocenters. The number of nitrogens with zero attached hydrogens (tertiary/aromatic N) is 2. The van der Waals surface area contributed by atoms with E-state index in [0.717, 1.165) is 5.56 Å². The van der Waals surface area contributed by atoms with Crippen LogP contribution >= 0.6 is 0 Å². The molecular formula is C22H24N2O4. The summed E-state index contributed by atoms with van der Waals surface area (Å²) in [5.74, 6) is -1.56. The molecule has 1 unspecified atom stereocenters. The van der Waals surface area contributed by atoms with Crippen LogP contribution in [0, 0.1) is 6.92 Å². The molecule has 146 valence electrons. The number of aliphatic hydroxyl groups is 1. The number of ether oxygens (including phenoxy) is 1. The van der Waals surface area contributed by atoms with Crippen molar-refractivity contribution in [3.05, 3.63) is 71.1 Å². The minimum absolute atomic E-state index is 0.0117. The summed E-state index contributed by atoms with van der Waals surface area (Å²) < 4.78 is 5.56. The van der Waals surface area contributed by atoms with Crippen LogP contribution in [0.25, 0.3) is 5.76 Å². The third-order valence-corrected chi connectivity index (χ3v) is 4.62. The summed E-state index contributed by atoms with van der Waals surface area (Å²) in [7, 11) is 0. The van der Waals surface area contributed by atoms with Crippen molar-refractivity contribution in [3.63, 3.8) is 0 Å². The van der Waals surface area contributed by atoms with Gasteiger partial charge in [0.05, 0.1) is 24.0 Å². The number of benzene rings is 1. The Kier molecular flexibility index (Phi) is 5.90. The van der Waals surface area contributed by atoms with Gasteiger partial charge in [-0.1, -0.05) is 35.9 Å². The molecule has 0 bridgehead atoms. The molecule has 3 rings (SSSR count). The van der Waals surface area contributed by atoms with Crippen LogP contribution in [0.1, 0.15) is 36.7 Å². The van der Waals surface area contributed by atoms with Crippen molar-refractivity contribution in [1.82, 2.24) is 9.88 Å². The molecule has 1 aliphatic rings. The van der Waals surface area contributed by atoms with E-state index < -0.39 is 17.7 Å². The van der Waals surface area contributed by atoms with Gasteiger partial charge in [-0.25, -0.2) is 0 Å². The average Bonchev–Trinajstić information content (AvgIpc) is 2.93. The van der Waals surface area contributed by atoms with Crippen molar-refractivity contribution >= 4 is 17.4 Å². The maximum atomic E-state index is 12.8. The number of Topliss-reactive ketones (excluding diaryl/α,β-unsaturated/α-hetero) is 1. The highest BCUT2D eigenvalue weighted by atomic mass is 16.5. The lowest BCUT2D eigenvalue weighted by atomic mass is 9.98. The number of carbonyl (C=O) groups is 2. The van der Waals surface area contributed by atoms with Gasteiger partial charge < -0.3 is 14.7 Å². The summed E-state index contributed by atoms with van der Waals surface area (Å²) in [4.78, 5) is 31.3. The Labute approximate surface area is 164 Å². The fourth-order valence-electron chi connectivity index (χ4n) is 3.21. The number of hydrogen-bond donors (Lipinski definition) is 1. The molecule has 2 heterocycles. The molecule has 6 nitrogen and oxygen atoms in total. The summed E-state index contributed by atoms with van der Waals surface area (Å²) in [6, 6.07) is 11.7. The zero-order valence-corrected chi connectivity index (χ0v) is 16.3. The average molecular weight is 380 g/mol. The zero-order valence-electron chi connectivity index (χ0n) is 16.3. The summed E-state index contributed by atoms with van der Waals surface area (Å²) in [5, 5.41) is 10.9. The van der Waals surface area contributed by atoms with Crippen molar-refractivity contribution in [1.29, 1.82) is 0 Å². The molecule has 2 aromatic rings. The van der Waals surface area contributed by atoms with Crippen LogP contribution in [0.4, 0.5) is 0 Å². The Bertz CT molecular complexity index is 889. The van der Waals surface area contributed by atoms with E-state index in [1.165, 1.54) is 4.90 Å². The smallest absolute Gasteiger partial charge is 0.295 e. The normalized spacial score (nSPS) is 18.9. The molecule has 6 heteroatoms. The first-order valence-electron chi connectivity index (χ1n) is 9.28. The van der Waals surface area contributed by atoms with Gasteiger partial charge in [0, 0.05) is 18.3 Å². The minimum atomic E-state index is -0.752. The molecule has 1 amide bonds. The van der Waals surface area contributed by atoms with Crippen molar-refractivity contribution in [2.45, 2.75) is 32.9 Å². The molecule has 1 N–H and O–H groups in total. The molecule has 1 aliphatic heterocycles. The lowest BCUT2D eigenvalue weighted by Crippen LogP contribution is -2.33. The molecule has 0 aliphatic carbocycles. The van der Waals surface area contributed by atoms with Crippen LogP contribution < -0.4 is 0 Å².